The Morgan fingerprint density at radius 1 is 0.772 bits per heavy atom. The van der Waals surface area contributed by atoms with Gasteiger partial charge in [0.1, 0.15) is 37.1 Å². The van der Waals surface area contributed by atoms with Crippen LogP contribution in [0.4, 0.5) is 11.6 Å². The average Bonchev–Trinajstić information content (AvgIpc) is 3.97. The minimum atomic E-state index is -1.17. The molecule has 2 saturated heterocycles. The molecule has 2 fully saturated rings. The molecule has 22 nitrogen and oxygen atoms in total. The van der Waals surface area contributed by atoms with Crippen molar-refractivity contribution < 1.29 is 39.5 Å². The fourth-order valence-corrected chi connectivity index (χ4v) is 6.45. The average molecular weight is 793 g/mol. The minimum absolute atomic E-state index is 0.0547. The number of aromatic nitrogens is 8. The van der Waals surface area contributed by atoms with Crippen molar-refractivity contribution in [2.75, 3.05) is 51.2 Å². The molecule has 0 aliphatic carbocycles. The molecule has 0 bridgehead atoms. The second-order valence-electron chi connectivity index (χ2n) is 13.7. The number of fused-ring (bicyclic) bond motifs is 2. The van der Waals surface area contributed by atoms with E-state index in [0.717, 1.165) is 0 Å². The number of amides is 2. The highest BCUT2D eigenvalue weighted by Gasteiger charge is 2.47. The normalized spacial score (nSPS) is 25.2. The highest BCUT2D eigenvalue weighted by molar-refractivity contribution is 5.84. The summed E-state index contributed by atoms with van der Waals surface area (Å²) in [4.78, 5) is 53.7. The van der Waals surface area contributed by atoms with Crippen LogP contribution in [-0.4, -0.2) is 161 Å². The van der Waals surface area contributed by atoms with E-state index >= 15 is 0 Å². The van der Waals surface area contributed by atoms with Crippen molar-refractivity contribution in [2.24, 2.45) is 11.5 Å². The number of ether oxygens (including phenoxy) is 2. The smallest absolute Gasteiger partial charge is 0.238 e. The van der Waals surface area contributed by atoms with Gasteiger partial charge in [0.2, 0.25) is 11.8 Å². The molecule has 0 saturated carbocycles. The Bertz CT molecular complexity index is 2100. The molecule has 2 amide bonds. The lowest BCUT2D eigenvalue weighted by atomic mass is 10.1. The predicted molar refractivity (Wildman–Crippen MR) is 205 cm³/mol. The molecule has 10 atom stereocenters. The number of nitrogens with zero attached hydrogens (tertiary/aromatic N) is 10. The lowest BCUT2D eigenvalue weighted by Gasteiger charge is -2.22. The molecule has 2 aliphatic rings. The van der Waals surface area contributed by atoms with Gasteiger partial charge in [0.05, 0.1) is 50.0 Å². The van der Waals surface area contributed by atoms with Crippen LogP contribution in [0.2, 0.25) is 0 Å². The lowest BCUT2D eigenvalue weighted by molar-refractivity contribution is -0.124. The number of aliphatic hydroxyl groups excluding tert-OH is 4. The third-order valence-corrected chi connectivity index (χ3v) is 9.41. The third-order valence-electron chi connectivity index (χ3n) is 9.41. The summed E-state index contributed by atoms with van der Waals surface area (Å²) in [6.07, 6.45) is 11.0. The number of carbonyl (C=O) groups excluding carboxylic acids is 2. The quantitative estimate of drug-likeness (QED) is 0.0605. The van der Waals surface area contributed by atoms with Crippen LogP contribution in [0.15, 0.2) is 25.3 Å². The molecule has 4 unspecified atom stereocenters. The second kappa shape index (κ2) is 18.6. The number of nitrogens with one attached hydrogen (secondary N) is 2. The van der Waals surface area contributed by atoms with E-state index in [-0.39, 0.29) is 6.42 Å². The SMILES string of the molecule is C#CCC(N)C(=O)NC1[C@@H](CO)O[C@@H](n2cnc3c(N(C)C)ncnc32)[C@H]1O.C#CCCC(N)C(=O)NC1[C@@H](CO)O[C@@H](n2cnc3c(N(C)C)ncnc32)[C@H]1O. The molecule has 6 heterocycles. The van der Waals surface area contributed by atoms with E-state index in [1.807, 2.05) is 28.2 Å². The Kier molecular flexibility index (Phi) is 13.9. The largest absolute Gasteiger partial charge is 0.394 e. The first kappa shape index (κ1) is 42.6. The fraction of sp³-hybridized carbons (Fsp3) is 0.543. The van der Waals surface area contributed by atoms with Crippen LogP contribution in [0.25, 0.3) is 22.3 Å². The van der Waals surface area contributed by atoms with E-state index in [1.165, 1.54) is 25.3 Å². The Morgan fingerprint density at radius 3 is 1.60 bits per heavy atom. The van der Waals surface area contributed by atoms with Gasteiger partial charge >= 0.3 is 0 Å². The van der Waals surface area contributed by atoms with Crippen LogP contribution in [0.3, 0.4) is 0 Å². The van der Waals surface area contributed by atoms with E-state index in [0.29, 0.717) is 46.8 Å². The fourth-order valence-electron chi connectivity index (χ4n) is 6.45. The highest BCUT2D eigenvalue weighted by atomic mass is 16.6. The maximum absolute atomic E-state index is 12.3. The van der Waals surface area contributed by atoms with Crippen molar-refractivity contribution in [2.45, 2.75) is 80.3 Å². The molecule has 4 aromatic heterocycles. The first-order chi connectivity index (χ1) is 27.3. The van der Waals surface area contributed by atoms with Gasteiger partial charge in [-0.25, -0.2) is 29.9 Å². The molecule has 306 valence electrons. The number of imidazole rings is 2. The van der Waals surface area contributed by atoms with Crippen LogP contribution in [0.5, 0.6) is 0 Å². The summed E-state index contributed by atoms with van der Waals surface area (Å²) in [5.41, 5.74) is 13.5. The molecule has 57 heavy (non-hydrogen) atoms. The van der Waals surface area contributed by atoms with Gasteiger partial charge in [-0.3, -0.25) is 18.7 Å². The maximum atomic E-state index is 12.3. The summed E-state index contributed by atoms with van der Waals surface area (Å²) in [7, 11) is 7.32. The van der Waals surface area contributed by atoms with Gasteiger partial charge in [0.25, 0.3) is 0 Å². The molecule has 10 N–H and O–H groups in total. The zero-order valence-corrected chi connectivity index (χ0v) is 31.8. The van der Waals surface area contributed by atoms with Crippen molar-refractivity contribution in [3.8, 4) is 24.7 Å². The minimum Gasteiger partial charge on any atom is -0.394 e. The van der Waals surface area contributed by atoms with Gasteiger partial charge in [-0.2, -0.15) is 0 Å². The maximum Gasteiger partial charge on any atom is 0.238 e. The molecule has 0 aromatic carbocycles. The topological polar surface area (TPSA) is 303 Å². The third kappa shape index (κ3) is 8.88. The molecular weight excluding hydrogens is 744 g/mol. The summed E-state index contributed by atoms with van der Waals surface area (Å²) in [6, 6.07) is -3.47. The zero-order valence-electron chi connectivity index (χ0n) is 31.8. The van der Waals surface area contributed by atoms with Crippen molar-refractivity contribution in [1.82, 2.24) is 49.7 Å². The standard InChI is InChI=1S/C18H25N7O4.C17H23N7O4/c1-4-5-6-10(19)17(28)23-12-11(7-26)29-18(14(12)27)25-9-22-13-15(24(2)3)20-8-21-16(13)25;1-4-5-9(18)16(27)22-11-10(6-25)28-17(13(11)26)24-8-21-12-14(23(2)3)19-7-20-15(12)24/h1,8-12,14,18,26-27H,5-7,19H2,2-3H3,(H,23,28);1,7-11,13,17,25-26H,5-6,18H2,2-3H3,(H,22,27)/t10?,11-,12?,14+,18-;9?,10-,11?,13+,17-/m11/s1. The molecule has 4 aromatic rings. The van der Waals surface area contributed by atoms with Crippen molar-refractivity contribution >= 4 is 45.8 Å². The first-order valence-corrected chi connectivity index (χ1v) is 17.8. The van der Waals surface area contributed by atoms with E-state index in [4.69, 9.17) is 33.8 Å². The molecule has 6 rings (SSSR count). The Morgan fingerprint density at radius 2 is 1.21 bits per heavy atom. The number of hydrogen-bond acceptors (Lipinski definition) is 18. The van der Waals surface area contributed by atoms with Gasteiger partial charge in [-0.15, -0.1) is 24.7 Å². The first-order valence-electron chi connectivity index (χ1n) is 17.8. The number of hydrogen-bond donors (Lipinski definition) is 8. The number of rotatable bonds is 13. The van der Waals surface area contributed by atoms with Gasteiger partial charge in [0, 0.05) is 41.0 Å². The molecule has 0 radical (unpaired) electrons. The Hall–Kier alpha value is -5.56. The number of anilines is 2. The lowest BCUT2D eigenvalue weighted by Crippen LogP contribution is -2.53. The number of carbonyl (C=O) groups is 2. The number of terminal acetylenes is 2. The Balaban J connectivity index is 0.000000218. The van der Waals surface area contributed by atoms with Crippen LogP contribution in [0.1, 0.15) is 31.7 Å². The zero-order chi connectivity index (χ0) is 41.6. The van der Waals surface area contributed by atoms with Gasteiger partial charge in [-0.05, 0) is 6.42 Å². The molecule has 2 aliphatic heterocycles. The van der Waals surface area contributed by atoms with Crippen molar-refractivity contribution in [1.29, 1.82) is 0 Å². The van der Waals surface area contributed by atoms with Gasteiger partial charge in [-0.1, -0.05) is 0 Å². The van der Waals surface area contributed by atoms with E-state index in [9.17, 15) is 30.0 Å². The summed E-state index contributed by atoms with van der Waals surface area (Å²) < 4.78 is 14.7. The summed E-state index contributed by atoms with van der Waals surface area (Å²) >= 11 is 0. The van der Waals surface area contributed by atoms with E-state index in [1.54, 1.807) is 18.9 Å². The summed E-state index contributed by atoms with van der Waals surface area (Å²) in [6.45, 7) is -0.809. The number of aliphatic hydroxyl groups is 4. The predicted octanol–water partition coefficient (Wildman–Crippen LogP) is -3.65. The summed E-state index contributed by atoms with van der Waals surface area (Å²) in [5, 5.41) is 46.2. The van der Waals surface area contributed by atoms with Crippen molar-refractivity contribution in [3.05, 3.63) is 25.3 Å². The second-order valence-corrected chi connectivity index (χ2v) is 13.7. The van der Waals surface area contributed by atoms with Crippen LogP contribution < -0.4 is 31.9 Å². The van der Waals surface area contributed by atoms with Crippen molar-refractivity contribution in [3.63, 3.8) is 0 Å². The summed E-state index contributed by atoms with van der Waals surface area (Å²) in [5.74, 6) is 4.97. The molecule has 22 heteroatoms. The van der Waals surface area contributed by atoms with E-state index < -0.39 is 86.1 Å². The van der Waals surface area contributed by atoms with Gasteiger partial charge in [0.15, 0.2) is 46.4 Å². The van der Waals surface area contributed by atoms with Crippen LogP contribution in [0, 0.1) is 24.7 Å². The number of nitrogens with two attached hydrogens (primary N) is 2. The Labute approximate surface area is 327 Å². The monoisotopic (exact) mass is 792 g/mol. The van der Waals surface area contributed by atoms with Crippen LogP contribution >= 0.6 is 0 Å². The van der Waals surface area contributed by atoms with Gasteiger partial charge < -0.3 is 61.8 Å². The van der Waals surface area contributed by atoms with E-state index in [2.05, 4.69) is 52.4 Å². The van der Waals surface area contributed by atoms with Crippen LogP contribution in [-0.2, 0) is 19.1 Å². The highest BCUT2D eigenvalue weighted by Crippen LogP contribution is 2.34. The molecule has 0 spiro atoms. The molecular formula is C35H48N14O8.